The van der Waals surface area contributed by atoms with Gasteiger partial charge in [-0.15, -0.1) is 24.0 Å². The van der Waals surface area contributed by atoms with Gasteiger partial charge in [0.1, 0.15) is 9.84 Å². The van der Waals surface area contributed by atoms with Gasteiger partial charge in [-0.1, -0.05) is 0 Å². The molecule has 0 aliphatic carbocycles. The third-order valence-corrected chi connectivity index (χ3v) is 4.31. The smallest absolute Gasteiger partial charge is 0.191 e. The summed E-state index contributed by atoms with van der Waals surface area (Å²) in [5, 5.41) is 6.49. The van der Waals surface area contributed by atoms with Gasteiger partial charge < -0.3 is 10.6 Å². The van der Waals surface area contributed by atoms with Crippen molar-refractivity contribution < 1.29 is 8.42 Å². The minimum absolute atomic E-state index is 0. The second-order valence-electron chi connectivity index (χ2n) is 6.10. The lowest BCUT2D eigenvalue weighted by Gasteiger charge is -2.30. The van der Waals surface area contributed by atoms with Gasteiger partial charge in [-0.3, -0.25) is 9.89 Å². The van der Waals surface area contributed by atoms with Gasteiger partial charge in [0.25, 0.3) is 0 Å². The van der Waals surface area contributed by atoms with E-state index in [2.05, 4.69) is 48.2 Å². The standard InChI is InChI=1S/C15H34N4O2S.HI/c1-7-16-15(17-9-8-12-22(6,20)21)18-10-11-19(13(2)3)14(4)5;/h13-14H,7-12H2,1-6H3,(H2,16,17,18);1H. The number of aliphatic imine (C=N–C) groups is 1. The Hall–Kier alpha value is -0.0900. The molecule has 0 rings (SSSR count). The molecule has 0 aliphatic rings. The van der Waals surface area contributed by atoms with Crippen molar-refractivity contribution in [3.63, 3.8) is 0 Å². The fourth-order valence-corrected chi connectivity index (χ4v) is 2.93. The molecule has 0 atom stereocenters. The van der Waals surface area contributed by atoms with Crippen LogP contribution < -0.4 is 10.6 Å². The predicted molar refractivity (Wildman–Crippen MR) is 111 cm³/mol. The van der Waals surface area contributed by atoms with Crippen LogP contribution in [0.2, 0.25) is 0 Å². The van der Waals surface area contributed by atoms with E-state index in [0.29, 0.717) is 25.0 Å². The summed E-state index contributed by atoms with van der Waals surface area (Å²) in [4.78, 5) is 6.83. The molecule has 23 heavy (non-hydrogen) atoms. The van der Waals surface area contributed by atoms with Crippen LogP contribution >= 0.6 is 24.0 Å². The van der Waals surface area contributed by atoms with Crippen LogP contribution in [0, 0.1) is 0 Å². The van der Waals surface area contributed by atoms with Crippen molar-refractivity contribution in [3.05, 3.63) is 0 Å². The maximum absolute atomic E-state index is 11.1. The second-order valence-corrected chi connectivity index (χ2v) is 8.36. The Morgan fingerprint density at radius 1 is 1.13 bits per heavy atom. The highest BCUT2D eigenvalue weighted by atomic mass is 127. The molecule has 0 heterocycles. The molecule has 8 heteroatoms. The zero-order valence-corrected chi connectivity index (χ0v) is 18.6. The van der Waals surface area contributed by atoms with Gasteiger partial charge >= 0.3 is 0 Å². The third kappa shape index (κ3) is 14.0. The Morgan fingerprint density at radius 2 is 1.70 bits per heavy atom. The molecular formula is C15H35IN4O2S. The molecule has 0 bridgehead atoms. The summed E-state index contributed by atoms with van der Waals surface area (Å²) >= 11 is 0. The summed E-state index contributed by atoms with van der Waals surface area (Å²) in [5.74, 6) is 0.938. The number of nitrogens with one attached hydrogen (secondary N) is 2. The van der Waals surface area contributed by atoms with Crippen LogP contribution in [0.3, 0.4) is 0 Å². The number of halogens is 1. The number of guanidine groups is 1. The Kier molecular flexibility index (Phi) is 14.5. The molecule has 0 fully saturated rings. The summed E-state index contributed by atoms with van der Waals surface area (Å²) < 4.78 is 22.2. The van der Waals surface area contributed by atoms with Crippen molar-refractivity contribution in [2.24, 2.45) is 4.99 Å². The van der Waals surface area contributed by atoms with Gasteiger partial charge in [0.15, 0.2) is 5.96 Å². The van der Waals surface area contributed by atoms with E-state index in [9.17, 15) is 8.42 Å². The first kappa shape index (κ1) is 25.2. The number of hydrogen-bond donors (Lipinski definition) is 2. The lowest BCUT2D eigenvalue weighted by Crippen LogP contribution is -2.45. The summed E-state index contributed by atoms with van der Waals surface area (Å²) in [5.41, 5.74) is 0. The summed E-state index contributed by atoms with van der Waals surface area (Å²) in [7, 11) is -2.90. The van der Waals surface area contributed by atoms with E-state index in [1.165, 1.54) is 6.26 Å². The zero-order valence-electron chi connectivity index (χ0n) is 15.4. The lowest BCUT2D eigenvalue weighted by molar-refractivity contribution is 0.178. The van der Waals surface area contributed by atoms with Crippen molar-refractivity contribution in [1.82, 2.24) is 15.5 Å². The molecule has 0 aromatic rings. The first-order valence-corrected chi connectivity index (χ1v) is 10.2. The molecule has 0 spiro atoms. The second kappa shape index (κ2) is 13.2. The minimum Gasteiger partial charge on any atom is -0.357 e. The van der Waals surface area contributed by atoms with Crippen LogP contribution in [-0.4, -0.2) is 69.5 Å². The van der Waals surface area contributed by atoms with Crippen molar-refractivity contribution in [1.29, 1.82) is 0 Å². The number of sulfone groups is 1. The van der Waals surface area contributed by atoms with Crippen molar-refractivity contribution in [3.8, 4) is 0 Å². The summed E-state index contributed by atoms with van der Waals surface area (Å²) in [6, 6.07) is 1.02. The molecule has 0 aromatic heterocycles. The maximum atomic E-state index is 11.1. The largest absolute Gasteiger partial charge is 0.357 e. The van der Waals surface area contributed by atoms with Gasteiger partial charge in [-0.25, -0.2) is 8.42 Å². The normalized spacial score (nSPS) is 12.7. The Labute approximate surface area is 159 Å². The van der Waals surface area contributed by atoms with E-state index in [1.54, 1.807) is 0 Å². The molecule has 0 aliphatic heterocycles. The Bertz CT molecular complexity index is 417. The molecule has 0 saturated carbocycles. The number of nitrogens with zero attached hydrogens (tertiary/aromatic N) is 2. The van der Waals surface area contributed by atoms with E-state index in [0.717, 1.165) is 25.6 Å². The SMILES string of the molecule is CCNC(=NCCCS(C)(=O)=O)NCCN(C(C)C)C(C)C.I. The van der Waals surface area contributed by atoms with Crippen LogP contribution in [0.4, 0.5) is 0 Å². The Balaban J connectivity index is 0. The van der Waals surface area contributed by atoms with Gasteiger partial charge in [0.2, 0.25) is 0 Å². The average molecular weight is 462 g/mol. The highest BCUT2D eigenvalue weighted by molar-refractivity contribution is 14.0. The lowest BCUT2D eigenvalue weighted by atomic mass is 10.2. The maximum Gasteiger partial charge on any atom is 0.191 e. The van der Waals surface area contributed by atoms with Crippen LogP contribution in [-0.2, 0) is 9.84 Å². The van der Waals surface area contributed by atoms with Crippen molar-refractivity contribution in [2.45, 2.75) is 53.1 Å². The number of rotatable bonds is 10. The van der Waals surface area contributed by atoms with E-state index < -0.39 is 9.84 Å². The van der Waals surface area contributed by atoms with Gasteiger partial charge in [0.05, 0.1) is 5.75 Å². The molecule has 0 saturated heterocycles. The topological polar surface area (TPSA) is 73.8 Å². The van der Waals surface area contributed by atoms with Gasteiger partial charge in [-0.2, -0.15) is 0 Å². The third-order valence-electron chi connectivity index (χ3n) is 3.28. The van der Waals surface area contributed by atoms with E-state index in [-0.39, 0.29) is 29.7 Å². The molecule has 0 aromatic carbocycles. The fourth-order valence-electron chi connectivity index (χ4n) is 2.28. The highest BCUT2D eigenvalue weighted by Gasteiger charge is 2.12. The molecule has 0 unspecified atom stereocenters. The number of hydrogen-bond acceptors (Lipinski definition) is 4. The molecular weight excluding hydrogens is 427 g/mol. The predicted octanol–water partition coefficient (Wildman–Crippen LogP) is 1.71. The van der Waals surface area contributed by atoms with Crippen LogP contribution in [0.25, 0.3) is 0 Å². The van der Waals surface area contributed by atoms with Crippen LogP contribution in [0.5, 0.6) is 0 Å². The van der Waals surface area contributed by atoms with E-state index >= 15 is 0 Å². The molecule has 0 amide bonds. The van der Waals surface area contributed by atoms with Crippen molar-refractivity contribution >= 4 is 39.8 Å². The molecule has 6 nitrogen and oxygen atoms in total. The first-order chi connectivity index (χ1) is 10.2. The van der Waals surface area contributed by atoms with Gasteiger partial charge in [0, 0.05) is 44.5 Å². The molecule has 140 valence electrons. The first-order valence-electron chi connectivity index (χ1n) is 8.13. The minimum atomic E-state index is -2.90. The highest BCUT2D eigenvalue weighted by Crippen LogP contribution is 2.03. The average Bonchev–Trinajstić information content (AvgIpc) is 2.37. The Morgan fingerprint density at radius 3 is 2.13 bits per heavy atom. The van der Waals surface area contributed by atoms with Crippen LogP contribution in [0.15, 0.2) is 4.99 Å². The zero-order chi connectivity index (χ0) is 17.2. The summed E-state index contributed by atoms with van der Waals surface area (Å²) in [6.07, 6.45) is 1.81. The quantitative estimate of drug-likeness (QED) is 0.224. The monoisotopic (exact) mass is 462 g/mol. The molecule has 2 N–H and O–H groups in total. The van der Waals surface area contributed by atoms with E-state index in [4.69, 9.17) is 0 Å². The molecule has 0 radical (unpaired) electrons. The van der Waals surface area contributed by atoms with Gasteiger partial charge in [-0.05, 0) is 41.0 Å². The van der Waals surface area contributed by atoms with E-state index in [1.807, 2.05) is 6.92 Å². The fraction of sp³-hybridized carbons (Fsp3) is 0.933. The van der Waals surface area contributed by atoms with Crippen molar-refractivity contribution in [2.75, 3.05) is 38.2 Å². The van der Waals surface area contributed by atoms with Crippen LogP contribution in [0.1, 0.15) is 41.0 Å². The summed E-state index contributed by atoms with van der Waals surface area (Å²) in [6.45, 7) is 13.9.